The van der Waals surface area contributed by atoms with Crippen molar-refractivity contribution < 1.29 is 13.6 Å². The van der Waals surface area contributed by atoms with Crippen LogP contribution in [0.5, 0.6) is 0 Å². The fraction of sp³-hybridized carbons (Fsp3) is 0.250. The molecule has 0 radical (unpaired) electrons. The van der Waals surface area contributed by atoms with Crippen molar-refractivity contribution in [2.45, 2.75) is 12.1 Å². The summed E-state index contributed by atoms with van der Waals surface area (Å²) in [4.78, 5) is 17.6. The molecule has 1 aliphatic rings. The Bertz CT molecular complexity index is 771. The van der Waals surface area contributed by atoms with Gasteiger partial charge in [0.1, 0.15) is 11.6 Å². The predicted molar refractivity (Wildman–Crippen MR) is 83.4 cm³/mol. The van der Waals surface area contributed by atoms with E-state index in [4.69, 9.17) is 17.3 Å². The van der Waals surface area contributed by atoms with Gasteiger partial charge < -0.3 is 10.6 Å². The third-order valence-electron chi connectivity index (χ3n) is 3.98. The summed E-state index contributed by atoms with van der Waals surface area (Å²) in [6.07, 6.45) is 1.33. The van der Waals surface area contributed by atoms with E-state index in [1.54, 1.807) is 6.07 Å². The topological polar surface area (TPSA) is 59.2 Å². The van der Waals surface area contributed by atoms with Gasteiger partial charge in [0.05, 0.1) is 17.1 Å². The molecule has 1 saturated heterocycles. The number of carbonyl (C=O) groups is 1. The molecular weight excluding hydrogens is 324 g/mol. The Balaban J connectivity index is 1.83. The van der Waals surface area contributed by atoms with Gasteiger partial charge in [-0.15, -0.1) is 0 Å². The lowest BCUT2D eigenvalue weighted by Gasteiger charge is -2.22. The molecule has 1 fully saturated rings. The standard InChI is InChI=1S/C16H14ClF2N3O/c17-12-7-10(8-21-14(12)20)15(23)22-6-5-16(19,9-22)11-3-1-2-4-13(11)18/h1-4,7-8H,5-6,9H2,(H2,20,21). The second-order valence-electron chi connectivity index (χ2n) is 5.51. The van der Waals surface area contributed by atoms with Gasteiger partial charge in [-0.1, -0.05) is 29.8 Å². The van der Waals surface area contributed by atoms with Crippen molar-refractivity contribution in [2.24, 2.45) is 0 Å². The molecule has 1 aromatic heterocycles. The number of hydrogen-bond acceptors (Lipinski definition) is 3. The SMILES string of the molecule is Nc1ncc(C(=O)N2CCC(F)(c3ccccc3F)C2)cc1Cl. The van der Waals surface area contributed by atoms with E-state index in [1.807, 2.05) is 0 Å². The summed E-state index contributed by atoms with van der Waals surface area (Å²) < 4.78 is 28.9. The van der Waals surface area contributed by atoms with Crippen LogP contribution in [0.15, 0.2) is 36.5 Å². The molecule has 1 aromatic carbocycles. The molecule has 1 unspecified atom stereocenters. The zero-order valence-corrected chi connectivity index (χ0v) is 12.9. The van der Waals surface area contributed by atoms with Crippen LogP contribution in [0.4, 0.5) is 14.6 Å². The van der Waals surface area contributed by atoms with Gasteiger partial charge in [0.2, 0.25) is 0 Å². The number of likely N-dealkylation sites (tertiary alicyclic amines) is 1. The lowest BCUT2D eigenvalue weighted by molar-refractivity contribution is 0.0748. The summed E-state index contributed by atoms with van der Waals surface area (Å²) in [5, 5.41) is 0.163. The van der Waals surface area contributed by atoms with Gasteiger partial charge in [0, 0.05) is 24.7 Å². The Kier molecular flexibility index (Phi) is 3.93. The molecule has 1 amide bonds. The van der Waals surface area contributed by atoms with E-state index in [2.05, 4.69) is 4.98 Å². The normalized spacial score (nSPS) is 20.7. The Morgan fingerprint density at radius 3 is 2.83 bits per heavy atom. The van der Waals surface area contributed by atoms with Crippen LogP contribution in [0.3, 0.4) is 0 Å². The van der Waals surface area contributed by atoms with Gasteiger partial charge in [0.15, 0.2) is 5.67 Å². The average Bonchev–Trinajstić information content (AvgIpc) is 2.93. The molecule has 3 rings (SSSR count). The number of carbonyl (C=O) groups excluding carboxylic acids is 1. The lowest BCUT2D eigenvalue weighted by atomic mass is 9.94. The minimum absolute atomic E-state index is 0.0243. The van der Waals surface area contributed by atoms with E-state index in [-0.39, 0.29) is 41.5 Å². The number of rotatable bonds is 2. The highest BCUT2D eigenvalue weighted by Crippen LogP contribution is 2.38. The molecule has 0 spiro atoms. The Hall–Kier alpha value is -2.21. The molecule has 120 valence electrons. The second kappa shape index (κ2) is 5.77. The first kappa shape index (κ1) is 15.7. The number of hydrogen-bond donors (Lipinski definition) is 1. The summed E-state index contributed by atoms with van der Waals surface area (Å²) >= 11 is 5.86. The Morgan fingerprint density at radius 2 is 2.13 bits per heavy atom. The summed E-state index contributed by atoms with van der Waals surface area (Å²) in [6, 6.07) is 7.10. The zero-order chi connectivity index (χ0) is 16.6. The number of pyridine rings is 1. The number of amides is 1. The number of nitrogens with zero attached hydrogens (tertiary/aromatic N) is 2. The minimum atomic E-state index is -1.90. The highest BCUT2D eigenvalue weighted by molar-refractivity contribution is 6.33. The molecule has 7 heteroatoms. The van der Waals surface area contributed by atoms with Crippen LogP contribution in [-0.4, -0.2) is 28.9 Å². The number of anilines is 1. The highest BCUT2D eigenvalue weighted by Gasteiger charge is 2.43. The minimum Gasteiger partial charge on any atom is -0.382 e. The predicted octanol–water partition coefficient (Wildman–Crippen LogP) is 3.17. The number of benzene rings is 1. The van der Waals surface area contributed by atoms with Crippen molar-refractivity contribution in [1.82, 2.24) is 9.88 Å². The molecule has 2 heterocycles. The van der Waals surface area contributed by atoms with Gasteiger partial charge in [-0.25, -0.2) is 13.8 Å². The van der Waals surface area contributed by atoms with Crippen LogP contribution in [-0.2, 0) is 5.67 Å². The summed E-state index contributed by atoms with van der Waals surface area (Å²) in [5.41, 5.74) is 3.81. The van der Waals surface area contributed by atoms with Crippen LogP contribution >= 0.6 is 11.6 Å². The van der Waals surface area contributed by atoms with Crippen LogP contribution in [0.1, 0.15) is 22.3 Å². The maximum Gasteiger partial charge on any atom is 0.255 e. The molecular formula is C16H14ClF2N3O. The smallest absolute Gasteiger partial charge is 0.255 e. The number of nitrogens with two attached hydrogens (primary N) is 1. The lowest BCUT2D eigenvalue weighted by Crippen LogP contribution is -2.32. The molecule has 0 aliphatic carbocycles. The molecule has 23 heavy (non-hydrogen) atoms. The van der Waals surface area contributed by atoms with E-state index >= 15 is 4.39 Å². The summed E-state index contributed by atoms with van der Waals surface area (Å²) in [5.74, 6) is -0.896. The first-order valence-corrected chi connectivity index (χ1v) is 7.43. The molecule has 0 saturated carbocycles. The van der Waals surface area contributed by atoms with Gasteiger partial charge in [0.25, 0.3) is 5.91 Å². The first-order valence-electron chi connectivity index (χ1n) is 7.05. The highest BCUT2D eigenvalue weighted by atomic mass is 35.5. The van der Waals surface area contributed by atoms with Gasteiger partial charge in [-0.2, -0.15) is 0 Å². The second-order valence-corrected chi connectivity index (χ2v) is 5.92. The number of alkyl halides is 1. The average molecular weight is 338 g/mol. The van der Waals surface area contributed by atoms with Crippen LogP contribution in [0.25, 0.3) is 0 Å². The van der Waals surface area contributed by atoms with Crippen molar-refractivity contribution in [3.8, 4) is 0 Å². The number of halogens is 3. The van der Waals surface area contributed by atoms with Crippen molar-refractivity contribution in [3.05, 3.63) is 58.5 Å². The largest absolute Gasteiger partial charge is 0.382 e. The van der Waals surface area contributed by atoms with Crippen LogP contribution < -0.4 is 5.73 Å². The third-order valence-corrected chi connectivity index (χ3v) is 4.28. The third kappa shape index (κ3) is 2.86. The van der Waals surface area contributed by atoms with E-state index in [0.29, 0.717) is 0 Å². The maximum absolute atomic E-state index is 15.1. The Labute approximate surface area is 136 Å². The van der Waals surface area contributed by atoms with Crippen LogP contribution in [0, 0.1) is 5.82 Å². The van der Waals surface area contributed by atoms with Gasteiger partial charge >= 0.3 is 0 Å². The first-order chi connectivity index (χ1) is 10.9. The monoisotopic (exact) mass is 337 g/mol. The number of nitrogen functional groups attached to an aromatic ring is 1. The van der Waals surface area contributed by atoms with E-state index in [1.165, 1.54) is 35.4 Å². The summed E-state index contributed by atoms with van der Waals surface area (Å²) in [7, 11) is 0. The van der Waals surface area contributed by atoms with Gasteiger partial charge in [-0.3, -0.25) is 4.79 Å². The Morgan fingerprint density at radius 1 is 1.39 bits per heavy atom. The zero-order valence-electron chi connectivity index (χ0n) is 12.1. The van der Waals surface area contributed by atoms with E-state index < -0.39 is 17.4 Å². The van der Waals surface area contributed by atoms with E-state index in [9.17, 15) is 9.18 Å². The molecule has 2 aromatic rings. The molecule has 2 N–H and O–H groups in total. The fourth-order valence-electron chi connectivity index (χ4n) is 2.74. The molecule has 0 bridgehead atoms. The van der Waals surface area contributed by atoms with Crippen molar-refractivity contribution in [1.29, 1.82) is 0 Å². The molecule has 4 nitrogen and oxygen atoms in total. The quantitative estimate of drug-likeness (QED) is 0.915. The van der Waals surface area contributed by atoms with Gasteiger partial charge in [-0.05, 0) is 12.1 Å². The van der Waals surface area contributed by atoms with E-state index in [0.717, 1.165) is 0 Å². The number of aromatic nitrogens is 1. The van der Waals surface area contributed by atoms with Crippen molar-refractivity contribution in [3.63, 3.8) is 0 Å². The maximum atomic E-state index is 15.1. The molecule has 1 aliphatic heterocycles. The van der Waals surface area contributed by atoms with Crippen LogP contribution in [0.2, 0.25) is 5.02 Å². The fourth-order valence-corrected chi connectivity index (χ4v) is 2.90. The summed E-state index contributed by atoms with van der Waals surface area (Å²) in [6.45, 7) is -0.0274. The molecule has 1 atom stereocenters. The van der Waals surface area contributed by atoms with Crippen molar-refractivity contribution in [2.75, 3.05) is 18.8 Å². The van der Waals surface area contributed by atoms with Crippen molar-refractivity contribution >= 4 is 23.3 Å².